The zero-order chi connectivity index (χ0) is 27.4. The molecule has 39 heavy (non-hydrogen) atoms. The largest absolute Gasteiger partial charge is 2.00 e. The fourth-order valence-corrected chi connectivity index (χ4v) is 9.60. The smallest absolute Gasteiger partial charge is 0.364 e. The third-order valence-corrected chi connectivity index (χ3v) is 11.9. The van der Waals surface area contributed by atoms with Crippen LogP contribution < -0.4 is 0 Å². The van der Waals surface area contributed by atoms with E-state index in [2.05, 4.69) is 128 Å². The van der Waals surface area contributed by atoms with Gasteiger partial charge in [-0.15, -0.1) is 45.5 Å². The monoisotopic (exact) mass is 596 g/mol. The molecule has 2 heterocycles. The predicted molar refractivity (Wildman–Crippen MR) is 171 cm³/mol. The summed E-state index contributed by atoms with van der Waals surface area (Å²) in [6.07, 6.45) is 20.8. The zero-order valence-corrected chi connectivity index (χ0v) is 27.1. The maximum Gasteiger partial charge on any atom is 2.00 e. The summed E-state index contributed by atoms with van der Waals surface area (Å²) in [4.78, 5) is 7.04. The fraction of sp³-hybridized carbons (Fsp3) is 0.294. The molecule has 0 saturated carbocycles. The molecule has 0 aliphatic heterocycles. The predicted octanol–water partition coefficient (Wildman–Crippen LogP) is 9.44. The van der Waals surface area contributed by atoms with Crippen LogP contribution in [0.5, 0.6) is 0 Å². The molecular formula is C34H42FeN2P2. The first-order valence-corrected chi connectivity index (χ1v) is 15.5. The summed E-state index contributed by atoms with van der Waals surface area (Å²) in [7, 11) is 2.91. The maximum atomic E-state index is 3.52. The summed E-state index contributed by atoms with van der Waals surface area (Å²) < 4.78 is 0. The number of nitrogens with one attached hydrogen (secondary N) is 2. The number of allylic oxidation sites excluding steroid dienone is 10. The minimum atomic E-state index is -0.369. The summed E-state index contributed by atoms with van der Waals surface area (Å²) >= 11 is 0. The summed E-state index contributed by atoms with van der Waals surface area (Å²) in [5.74, 6) is 0. The van der Waals surface area contributed by atoms with E-state index in [0.29, 0.717) is 0 Å². The van der Waals surface area contributed by atoms with E-state index >= 15 is 0 Å². The Bertz CT molecular complexity index is 1260. The molecule has 0 radical (unpaired) electrons. The zero-order valence-electron chi connectivity index (χ0n) is 24.0. The Hall–Kier alpha value is -2.14. The van der Waals surface area contributed by atoms with Gasteiger partial charge in [0.05, 0.1) is 5.16 Å². The molecule has 2 nitrogen and oxygen atoms in total. The van der Waals surface area contributed by atoms with Crippen molar-refractivity contribution in [1.29, 1.82) is 0 Å². The summed E-state index contributed by atoms with van der Waals surface area (Å²) in [5, 5.41) is 0.154. The fourth-order valence-electron chi connectivity index (χ4n) is 5.41. The van der Waals surface area contributed by atoms with Gasteiger partial charge in [0, 0.05) is 23.8 Å². The normalized spacial score (nSPS) is 17.2. The molecule has 0 fully saturated rings. The average Bonchev–Trinajstić information content (AvgIpc) is 3.70. The molecule has 0 spiro atoms. The molecular weight excluding hydrogens is 554 g/mol. The summed E-state index contributed by atoms with van der Waals surface area (Å²) in [6, 6.07) is 18.6. The van der Waals surface area contributed by atoms with Gasteiger partial charge in [-0.1, -0.05) is 67.2 Å². The SMILES string of the molecule is CC(C)(C)P(CC1=CC(=C2C=CC=C[CH-]2)C=C1C(P)(c1ccc[nH]1)c1ccc[nH]1)C(C)(C)C.[Fe+2].c1cc[cH-]c1. The molecule has 1 atom stereocenters. The molecule has 0 saturated heterocycles. The van der Waals surface area contributed by atoms with E-state index in [9.17, 15) is 0 Å². The van der Waals surface area contributed by atoms with Gasteiger partial charge < -0.3 is 9.97 Å². The van der Waals surface area contributed by atoms with Gasteiger partial charge in [-0.25, -0.2) is 12.1 Å². The van der Waals surface area contributed by atoms with Crippen LogP contribution in [0.3, 0.4) is 0 Å². The standard InChI is InChI=1S/C29H37N2P2.C5H5.Fe/c1-27(2,3)33(28(4,5)6)20-23-18-22(21-12-8-7-9-13-21)19-24(23)29(32,25-14-10-16-30-25)26-15-11-17-31-26;1-2-4-5-3-1;/h7-19,30-31H,20,32H2,1-6H3;1-5H;/q2*-1;+2. The van der Waals surface area contributed by atoms with E-state index in [1.165, 1.54) is 33.7 Å². The molecule has 3 aromatic rings. The quantitative estimate of drug-likeness (QED) is 0.167. The maximum absolute atomic E-state index is 3.52. The number of hydrogen-bond donors (Lipinski definition) is 2. The number of hydrogen-bond acceptors (Lipinski definition) is 0. The van der Waals surface area contributed by atoms with E-state index in [4.69, 9.17) is 0 Å². The van der Waals surface area contributed by atoms with Crippen molar-refractivity contribution in [2.24, 2.45) is 0 Å². The van der Waals surface area contributed by atoms with Crippen molar-refractivity contribution in [2.45, 2.75) is 57.0 Å². The summed E-state index contributed by atoms with van der Waals surface area (Å²) in [5.41, 5.74) is 7.73. The van der Waals surface area contributed by atoms with Crippen LogP contribution in [0, 0.1) is 6.42 Å². The average molecular weight is 597 g/mol. The van der Waals surface area contributed by atoms with E-state index in [-0.39, 0.29) is 40.5 Å². The molecule has 2 aromatic heterocycles. The van der Waals surface area contributed by atoms with Crippen LogP contribution in [0.15, 0.2) is 126 Å². The first-order valence-electron chi connectivity index (χ1n) is 13.4. The third kappa shape index (κ3) is 7.34. The molecule has 0 amide bonds. The minimum Gasteiger partial charge on any atom is -0.364 e. The molecule has 0 bridgehead atoms. The third-order valence-electron chi connectivity index (χ3n) is 7.06. The molecule has 5 rings (SSSR count). The number of rotatable bonds is 5. The van der Waals surface area contributed by atoms with Gasteiger partial charge in [0.15, 0.2) is 0 Å². The van der Waals surface area contributed by atoms with Crippen molar-refractivity contribution in [3.05, 3.63) is 144 Å². The van der Waals surface area contributed by atoms with Crippen LogP contribution in [0.4, 0.5) is 0 Å². The Morgan fingerprint density at radius 1 is 0.821 bits per heavy atom. The first-order chi connectivity index (χ1) is 18.0. The van der Waals surface area contributed by atoms with E-state index < -0.39 is 0 Å². The second-order valence-electron chi connectivity index (χ2n) is 11.9. The van der Waals surface area contributed by atoms with Gasteiger partial charge in [-0.3, -0.25) is 0 Å². The molecule has 1 aromatic carbocycles. The van der Waals surface area contributed by atoms with Gasteiger partial charge in [0.1, 0.15) is 0 Å². The molecule has 1 unspecified atom stereocenters. The number of aromatic amines is 2. The van der Waals surface area contributed by atoms with Crippen LogP contribution in [-0.2, 0) is 22.2 Å². The second kappa shape index (κ2) is 13.0. The minimum absolute atomic E-state index is 0. The Morgan fingerprint density at radius 2 is 1.41 bits per heavy atom. The molecule has 2 N–H and O–H groups in total. The van der Waals surface area contributed by atoms with E-state index in [1.54, 1.807) is 0 Å². The van der Waals surface area contributed by atoms with Gasteiger partial charge in [0.2, 0.25) is 0 Å². The molecule has 2 aliphatic carbocycles. The summed E-state index contributed by atoms with van der Waals surface area (Å²) in [6.45, 7) is 14.5. The van der Waals surface area contributed by atoms with Gasteiger partial charge >= 0.3 is 17.1 Å². The van der Waals surface area contributed by atoms with Crippen LogP contribution in [0.1, 0.15) is 52.9 Å². The van der Waals surface area contributed by atoms with Gasteiger partial charge in [-0.05, 0) is 51.9 Å². The van der Waals surface area contributed by atoms with E-state index in [0.717, 1.165) is 6.16 Å². The number of H-pyrrole nitrogens is 2. The van der Waals surface area contributed by atoms with Crippen molar-refractivity contribution in [3.8, 4) is 0 Å². The van der Waals surface area contributed by atoms with Crippen molar-refractivity contribution < 1.29 is 17.1 Å². The Morgan fingerprint density at radius 3 is 1.82 bits per heavy atom. The molecule has 5 heteroatoms. The van der Waals surface area contributed by atoms with Crippen LogP contribution >= 0.6 is 17.2 Å². The van der Waals surface area contributed by atoms with Crippen LogP contribution in [0.25, 0.3) is 0 Å². The van der Waals surface area contributed by atoms with Gasteiger partial charge in [-0.2, -0.15) is 18.2 Å². The Balaban J connectivity index is 0.000000630. The van der Waals surface area contributed by atoms with Crippen molar-refractivity contribution in [1.82, 2.24) is 9.97 Å². The topological polar surface area (TPSA) is 31.6 Å². The van der Waals surface area contributed by atoms with Crippen LogP contribution in [0.2, 0.25) is 0 Å². The Labute approximate surface area is 250 Å². The van der Waals surface area contributed by atoms with Crippen molar-refractivity contribution in [2.75, 3.05) is 6.16 Å². The Kier molecular flexibility index (Phi) is 10.5. The number of aromatic nitrogens is 2. The first kappa shape index (κ1) is 31.4. The molecule has 206 valence electrons. The van der Waals surface area contributed by atoms with Crippen LogP contribution in [-0.4, -0.2) is 26.4 Å². The molecule has 2 aliphatic rings. The van der Waals surface area contributed by atoms with E-state index in [1.807, 2.05) is 42.7 Å². The second-order valence-corrected chi connectivity index (χ2v) is 16.6. The van der Waals surface area contributed by atoms with Gasteiger partial charge in [0.25, 0.3) is 0 Å². The van der Waals surface area contributed by atoms with Crippen molar-refractivity contribution in [3.63, 3.8) is 0 Å². The van der Waals surface area contributed by atoms with Crippen molar-refractivity contribution >= 4 is 17.2 Å².